The van der Waals surface area contributed by atoms with E-state index in [-0.39, 0.29) is 22.9 Å². The van der Waals surface area contributed by atoms with E-state index in [0.29, 0.717) is 29.0 Å². The Kier molecular flexibility index (Phi) is 5.91. The number of nitrogens with zero attached hydrogens (tertiary/aromatic N) is 3. The maximum Gasteiger partial charge on any atom is 0.315 e. The molecule has 2 aromatic carbocycles. The van der Waals surface area contributed by atoms with Gasteiger partial charge in [0.1, 0.15) is 5.82 Å². The Morgan fingerprint density at radius 3 is 2.55 bits per heavy atom. The van der Waals surface area contributed by atoms with E-state index in [4.69, 9.17) is 9.47 Å². The summed E-state index contributed by atoms with van der Waals surface area (Å²) < 4.78 is 11.0. The number of aromatic nitrogens is 2. The number of hydrogen-bond donors (Lipinski definition) is 1. The second kappa shape index (κ2) is 8.55. The number of imidazole rings is 1. The van der Waals surface area contributed by atoms with Gasteiger partial charge in [0.05, 0.1) is 34.6 Å². The molecule has 10 nitrogen and oxygen atoms in total. The van der Waals surface area contributed by atoms with Crippen molar-refractivity contribution in [2.75, 3.05) is 13.7 Å². The molecule has 0 aliphatic rings. The van der Waals surface area contributed by atoms with Crippen LogP contribution < -0.4 is 9.47 Å². The number of ether oxygens (including phenoxy) is 2. The van der Waals surface area contributed by atoms with Crippen molar-refractivity contribution >= 4 is 22.4 Å². The third kappa shape index (κ3) is 4.26. The number of nitro benzene ring substituents is 2. The number of unbranched alkanes of at least 4 members (excludes halogenated alkanes) is 2. The number of nitro groups is 2. The molecule has 0 saturated carbocycles. The number of non-ortho nitro benzene ring substituents is 1. The van der Waals surface area contributed by atoms with Gasteiger partial charge in [-0.25, -0.2) is 4.98 Å². The van der Waals surface area contributed by atoms with E-state index in [9.17, 15) is 20.2 Å². The van der Waals surface area contributed by atoms with E-state index in [1.54, 1.807) is 6.07 Å². The molecule has 29 heavy (non-hydrogen) atoms. The highest BCUT2D eigenvalue weighted by molar-refractivity contribution is 5.82. The molecule has 10 heteroatoms. The lowest BCUT2D eigenvalue weighted by Crippen LogP contribution is -2.03. The third-order valence-corrected chi connectivity index (χ3v) is 4.40. The largest absolute Gasteiger partial charge is 0.493 e. The van der Waals surface area contributed by atoms with Gasteiger partial charge < -0.3 is 14.5 Å². The van der Waals surface area contributed by atoms with Crippen molar-refractivity contribution in [1.29, 1.82) is 0 Å². The first-order chi connectivity index (χ1) is 13.9. The molecule has 1 aromatic heterocycles. The second-order valence-electron chi connectivity index (χ2n) is 6.38. The van der Waals surface area contributed by atoms with Crippen molar-refractivity contribution in [3.8, 4) is 22.9 Å². The molecule has 3 aromatic rings. The van der Waals surface area contributed by atoms with Gasteiger partial charge in [0.2, 0.25) is 5.75 Å². The van der Waals surface area contributed by atoms with Crippen LogP contribution in [-0.4, -0.2) is 33.5 Å². The zero-order valence-corrected chi connectivity index (χ0v) is 16.0. The Morgan fingerprint density at radius 2 is 1.90 bits per heavy atom. The summed E-state index contributed by atoms with van der Waals surface area (Å²) in [5, 5.41) is 22.6. The second-order valence-corrected chi connectivity index (χ2v) is 6.38. The van der Waals surface area contributed by atoms with Gasteiger partial charge in [-0.15, -0.1) is 0 Å². The highest BCUT2D eigenvalue weighted by atomic mass is 16.6. The van der Waals surface area contributed by atoms with Gasteiger partial charge in [-0.3, -0.25) is 20.2 Å². The van der Waals surface area contributed by atoms with Crippen LogP contribution in [0.4, 0.5) is 11.4 Å². The average Bonchev–Trinajstić information content (AvgIpc) is 3.14. The van der Waals surface area contributed by atoms with Gasteiger partial charge in [-0.05, 0) is 18.6 Å². The molecule has 0 aliphatic carbocycles. The van der Waals surface area contributed by atoms with Crippen LogP contribution in [-0.2, 0) is 0 Å². The molecule has 1 N–H and O–H groups in total. The van der Waals surface area contributed by atoms with E-state index in [0.717, 1.165) is 19.3 Å². The molecule has 0 unspecified atom stereocenters. The van der Waals surface area contributed by atoms with E-state index < -0.39 is 9.85 Å². The fraction of sp³-hybridized carbons (Fsp3) is 0.316. The summed E-state index contributed by atoms with van der Waals surface area (Å²) in [7, 11) is 1.41. The number of hydrogen-bond acceptors (Lipinski definition) is 7. The van der Waals surface area contributed by atoms with Crippen LogP contribution in [0.1, 0.15) is 26.2 Å². The molecule has 0 fully saturated rings. The molecule has 0 amide bonds. The third-order valence-electron chi connectivity index (χ3n) is 4.40. The van der Waals surface area contributed by atoms with Crippen molar-refractivity contribution in [1.82, 2.24) is 9.97 Å². The minimum atomic E-state index is -0.533. The van der Waals surface area contributed by atoms with Crippen LogP contribution in [0.15, 0.2) is 30.3 Å². The first kappa shape index (κ1) is 20.1. The number of nitrogens with one attached hydrogen (secondary N) is 1. The summed E-state index contributed by atoms with van der Waals surface area (Å²) in [6, 6.07) is 7.17. The summed E-state index contributed by atoms with van der Waals surface area (Å²) in [5.41, 5.74) is 1.06. The maximum absolute atomic E-state index is 11.6. The molecule has 0 atom stereocenters. The lowest BCUT2D eigenvalue weighted by Gasteiger charge is -2.12. The Balaban J connectivity index is 2.03. The number of fused-ring (bicyclic) bond motifs is 1. The molecule has 152 valence electrons. The first-order valence-electron chi connectivity index (χ1n) is 9.08. The molecular weight excluding hydrogens is 380 g/mol. The van der Waals surface area contributed by atoms with Gasteiger partial charge >= 0.3 is 5.69 Å². The molecule has 0 bridgehead atoms. The fourth-order valence-electron chi connectivity index (χ4n) is 2.93. The number of methoxy groups -OCH3 is 1. The average molecular weight is 400 g/mol. The summed E-state index contributed by atoms with van der Waals surface area (Å²) in [5.74, 6) is 0.626. The first-order valence-corrected chi connectivity index (χ1v) is 9.08. The summed E-state index contributed by atoms with van der Waals surface area (Å²) in [4.78, 5) is 28.9. The highest BCUT2D eigenvalue weighted by Gasteiger charge is 2.24. The summed E-state index contributed by atoms with van der Waals surface area (Å²) in [6.45, 7) is 2.40. The lowest BCUT2D eigenvalue weighted by atomic mass is 10.1. The molecule has 0 saturated heterocycles. The van der Waals surface area contributed by atoms with Crippen molar-refractivity contribution in [2.45, 2.75) is 26.2 Å². The number of rotatable bonds is 9. The molecule has 0 radical (unpaired) electrons. The van der Waals surface area contributed by atoms with Crippen molar-refractivity contribution in [3.05, 3.63) is 50.6 Å². The van der Waals surface area contributed by atoms with E-state index in [1.165, 1.54) is 31.4 Å². The van der Waals surface area contributed by atoms with E-state index >= 15 is 0 Å². The molecule has 0 aliphatic heterocycles. The maximum atomic E-state index is 11.6. The number of benzene rings is 2. The quantitative estimate of drug-likeness (QED) is 0.314. The topological polar surface area (TPSA) is 133 Å². The van der Waals surface area contributed by atoms with Gasteiger partial charge in [0.25, 0.3) is 5.69 Å². The van der Waals surface area contributed by atoms with Crippen LogP contribution in [0.2, 0.25) is 0 Å². The predicted molar refractivity (Wildman–Crippen MR) is 106 cm³/mol. The fourth-order valence-corrected chi connectivity index (χ4v) is 2.93. The van der Waals surface area contributed by atoms with Crippen LogP contribution in [0.5, 0.6) is 11.5 Å². The van der Waals surface area contributed by atoms with Crippen LogP contribution in [0.3, 0.4) is 0 Å². The summed E-state index contributed by atoms with van der Waals surface area (Å²) in [6.07, 6.45) is 2.74. The highest BCUT2D eigenvalue weighted by Crippen LogP contribution is 2.41. The number of H-pyrrole nitrogens is 1. The normalized spacial score (nSPS) is 10.8. The van der Waals surface area contributed by atoms with Crippen LogP contribution in [0.25, 0.3) is 22.4 Å². The Hall–Kier alpha value is -3.69. The van der Waals surface area contributed by atoms with Crippen molar-refractivity contribution in [3.63, 3.8) is 0 Å². The standard InChI is InChI=1S/C19H20N4O6/c1-3-4-5-8-29-18-16(23(26)27)9-12(10-17(18)28-2)19-20-14-7-6-13(22(24)25)11-15(14)21-19/h6-7,9-11H,3-5,8H2,1-2H3,(H,20,21). The van der Waals surface area contributed by atoms with Gasteiger partial charge in [-0.1, -0.05) is 19.8 Å². The summed E-state index contributed by atoms with van der Waals surface area (Å²) >= 11 is 0. The SMILES string of the molecule is CCCCCOc1c(OC)cc(-c2nc3ccc([N+](=O)[O-])cc3[nH]2)cc1[N+](=O)[O-]. The molecular formula is C19H20N4O6. The minimum Gasteiger partial charge on any atom is -0.493 e. The van der Waals surface area contributed by atoms with Crippen molar-refractivity contribution < 1.29 is 19.3 Å². The smallest absolute Gasteiger partial charge is 0.315 e. The zero-order chi connectivity index (χ0) is 21.0. The minimum absolute atomic E-state index is 0.0732. The van der Waals surface area contributed by atoms with Gasteiger partial charge in [0, 0.05) is 23.8 Å². The Bertz CT molecular complexity index is 1060. The molecule has 0 spiro atoms. The Labute approximate surface area is 165 Å². The number of aromatic amines is 1. The van der Waals surface area contributed by atoms with Gasteiger partial charge in [0.15, 0.2) is 5.75 Å². The van der Waals surface area contributed by atoms with E-state index in [2.05, 4.69) is 16.9 Å². The zero-order valence-electron chi connectivity index (χ0n) is 16.0. The lowest BCUT2D eigenvalue weighted by molar-refractivity contribution is -0.385. The van der Waals surface area contributed by atoms with E-state index in [1.807, 2.05) is 0 Å². The monoisotopic (exact) mass is 400 g/mol. The van der Waals surface area contributed by atoms with Gasteiger partial charge in [-0.2, -0.15) is 0 Å². The Morgan fingerprint density at radius 1 is 1.10 bits per heavy atom. The molecule has 1 heterocycles. The molecule has 3 rings (SSSR count). The predicted octanol–water partition coefficient (Wildman–Crippen LogP) is 4.62. The van der Waals surface area contributed by atoms with Crippen LogP contribution in [0, 0.1) is 20.2 Å². The van der Waals surface area contributed by atoms with Crippen LogP contribution >= 0.6 is 0 Å². The van der Waals surface area contributed by atoms with Crippen molar-refractivity contribution in [2.24, 2.45) is 0 Å².